The minimum atomic E-state index is -0.148. The highest BCUT2D eigenvalue weighted by Gasteiger charge is 2.37. The van der Waals surface area contributed by atoms with Crippen LogP contribution in [0.2, 0.25) is 0 Å². The van der Waals surface area contributed by atoms with Gasteiger partial charge in [0.25, 0.3) is 0 Å². The van der Waals surface area contributed by atoms with Gasteiger partial charge in [0, 0.05) is 31.1 Å². The number of rotatable bonds is 6. The molecule has 106 valence electrons. The van der Waals surface area contributed by atoms with E-state index < -0.39 is 0 Å². The molecule has 2 fully saturated rings. The van der Waals surface area contributed by atoms with Crippen LogP contribution in [0, 0.1) is 0 Å². The lowest BCUT2D eigenvalue weighted by Crippen LogP contribution is -2.33. The van der Waals surface area contributed by atoms with E-state index in [0.29, 0.717) is 0 Å². The predicted molar refractivity (Wildman–Crippen MR) is 74.8 cm³/mol. The summed E-state index contributed by atoms with van der Waals surface area (Å²) in [4.78, 5) is 8.10. The maximum atomic E-state index is 6.09. The molecule has 2 N–H and O–H groups in total. The molecule has 1 aromatic rings. The van der Waals surface area contributed by atoms with Gasteiger partial charge in [-0.2, -0.15) is 0 Å². The molecule has 0 amide bonds. The molecule has 19 heavy (non-hydrogen) atoms. The van der Waals surface area contributed by atoms with E-state index in [1.807, 2.05) is 6.20 Å². The van der Waals surface area contributed by atoms with Crippen LogP contribution in [-0.2, 0) is 16.9 Å². The lowest BCUT2D eigenvalue weighted by Gasteiger charge is -2.35. The molecular weight excluding hydrogens is 238 g/mol. The quantitative estimate of drug-likeness (QED) is 0.829. The summed E-state index contributed by atoms with van der Waals surface area (Å²) in [6, 6.07) is 0.738. The van der Waals surface area contributed by atoms with Crippen molar-refractivity contribution in [3.05, 3.63) is 17.7 Å². The molecule has 3 rings (SSSR count). The third-order valence-corrected chi connectivity index (χ3v) is 4.30. The number of aromatic amines is 1. The summed E-state index contributed by atoms with van der Waals surface area (Å²) >= 11 is 0. The predicted octanol–water partition coefficient (Wildman–Crippen LogP) is 2.86. The van der Waals surface area contributed by atoms with E-state index in [0.717, 1.165) is 37.9 Å². The van der Waals surface area contributed by atoms with Crippen molar-refractivity contribution in [2.45, 2.75) is 70.1 Å². The van der Waals surface area contributed by atoms with Gasteiger partial charge in [0.2, 0.25) is 0 Å². The Morgan fingerprint density at radius 2 is 2.16 bits per heavy atom. The average Bonchev–Trinajstić information content (AvgIpc) is 3.14. The number of nitrogens with zero attached hydrogens (tertiary/aromatic N) is 1. The first-order valence-corrected chi connectivity index (χ1v) is 7.74. The maximum Gasteiger partial charge on any atom is 0.138 e. The zero-order chi connectivity index (χ0) is 13.1. The smallest absolute Gasteiger partial charge is 0.138 e. The molecule has 0 spiro atoms. The standard InChI is InChI=1S/C15H25N3O/c1-2-19-15(8-4-3-5-9-15)14-17-11-13(18-14)10-16-12-6-7-12/h11-12,16H,2-10H2,1H3,(H,17,18). The van der Waals surface area contributed by atoms with Gasteiger partial charge in [0.15, 0.2) is 0 Å². The number of aromatic nitrogens is 2. The van der Waals surface area contributed by atoms with E-state index in [4.69, 9.17) is 4.74 Å². The highest BCUT2D eigenvalue weighted by Crippen LogP contribution is 2.39. The summed E-state index contributed by atoms with van der Waals surface area (Å²) in [6.45, 7) is 3.74. The molecule has 1 aromatic heterocycles. The van der Waals surface area contributed by atoms with Crippen molar-refractivity contribution in [2.75, 3.05) is 6.61 Å². The Morgan fingerprint density at radius 1 is 1.37 bits per heavy atom. The molecular formula is C15H25N3O. The van der Waals surface area contributed by atoms with Crippen molar-refractivity contribution >= 4 is 0 Å². The fraction of sp³-hybridized carbons (Fsp3) is 0.800. The highest BCUT2D eigenvalue weighted by atomic mass is 16.5. The van der Waals surface area contributed by atoms with Crippen molar-refractivity contribution < 1.29 is 4.74 Å². The third kappa shape index (κ3) is 3.00. The Kier molecular flexibility index (Phi) is 3.89. The Hall–Kier alpha value is -0.870. The monoisotopic (exact) mass is 263 g/mol. The van der Waals surface area contributed by atoms with Crippen LogP contribution in [0.25, 0.3) is 0 Å². The first kappa shape index (κ1) is 13.1. The summed E-state index contributed by atoms with van der Waals surface area (Å²) in [7, 11) is 0. The second-order valence-corrected chi connectivity index (χ2v) is 5.90. The third-order valence-electron chi connectivity index (χ3n) is 4.30. The van der Waals surface area contributed by atoms with Crippen molar-refractivity contribution in [3.63, 3.8) is 0 Å². The molecule has 0 atom stereocenters. The van der Waals surface area contributed by atoms with Crippen LogP contribution in [0.4, 0.5) is 0 Å². The average molecular weight is 263 g/mol. The zero-order valence-corrected chi connectivity index (χ0v) is 11.9. The van der Waals surface area contributed by atoms with Gasteiger partial charge >= 0.3 is 0 Å². The molecule has 2 aliphatic rings. The Bertz CT molecular complexity index is 400. The van der Waals surface area contributed by atoms with Gasteiger partial charge in [0.1, 0.15) is 11.4 Å². The summed E-state index contributed by atoms with van der Waals surface area (Å²) in [5.74, 6) is 1.04. The first-order valence-electron chi connectivity index (χ1n) is 7.74. The van der Waals surface area contributed by atoms with Gasteiger partial charge in [0.05, 0.1) is 0 Å². The van der Waals surface area contributed by atoms with Crippen LogP contribution in [0.3, 0.4) is 0 Å². The van der Waals surface area contributed by atoms with Crippen LogP contribution in [0.5, 0.6) is 0 Å². The number of imidazole rings is 1. The Morgan fingerprint density at radius 3 is 2.84 bits per heavy atom. The number of hydrogen-bond acceptors (Lipinski definition) is 3. The largest absolute Gasteiger partial charge is 0.367 e. The topological polar surface area (TPSA) is 49.9 Å². The molecule has 1 heterocycles. The van der Waals surface area contributed by atoms with Gasteiger partial charge in [-0.3, -0.25) is 0 Å². The van der Waals surface area contributed by atoms with E-state index in [9.17, 15) is 0 Å². The number of H-pyrrole nitrogens is 1. The highest BCUT2D eigenvalue weighted by molar-refractivity contribution is 5.10. The molecule has 0 radical (unpaired) electrons. The zero-order valence-electron chi connectivity index (χ0n) is 11.9. The molecule has 4 nitrogen and oxygen atoms in total. The Labute approximate surface area is 115 Å². The van der Waals surface area contributed by atoms with E-state index in [2.05, 4.69) is 22.2 Å². The second kappa shape index (κ2) is 5.63. The van der Waals surface area contributed by atoms with Crippen LogP contribution in [0.15, 0.2) is 6.20 Å². The summed E-state index contributed by atoms with van der Waals surface area (Å²) in [6.07, 6.45) is 10.6. The minimum absolute atomic E-state index is 0.148. The SMILES string of the molecule is CCOC1(c2ncc(CNC3CC3)[nH]2)CCCCC1. The molecule has 0 saturated heterocycles. The summed E-state index contributed by atoms with van der Waals surface area (Å²) in [5.41, 5.74) is 1.04. The van der Waals surface area contributed by atoms with Gasteiger partial charge in [-0.15, -0.1) is 0 Å². The van der Waals surface area contributed by atoms with Crippen LogP contribution < -0.4 is 5.32 Å². The molecule has 2 aliphatic carbocycles. The van der Waals surface area contributed by atoms with Crippen molar-refractivity contribution in [2.24, 2.45) is 0 Å². The lowest BCUT2D eigenvalue weighted by atomic mass is 9.84. The van der Waals surface area contributed by atoms with Crippen LogP contribution >= 0.6 is 0 Å². The van der Waals surface area contributed by atoms with Crippen LogP contribution in [0.1, 0.15) is 63.4 Å². The van der Waals surface area contributed by atoms with Crippen molar-refractivity contribution in [3.8, 4) is 0 Å². The van der Waals surface area contributed by atoms with E-state index in [-0.39, 0.29) is 5.60 Å². The fourth-order valence-electron chi connectivity index (χ4n) is 3.07. The van der Waals surface area contributed by atoms with Crippen molar-refractivity contribution in [1.29, 1.82) is 0 Å². The molecule has 4 heteroatoms. The van der Waals surface area contributed by atoms with E-state index in [1.165, 1.54) is 37.8 Å². The minimum Gasteiger partial charge on any atom is -0.367 e. The maximum absolute atomic E-state index is 6.09. The first-order chi connectivity index (χ1) is 9.32. The van der Waals surface area contributed by atoms with E-state index >= 15 is 0 Å². The fourth-order valence-corrected chi connectivity index (χ4v) is 3.07. The molecule has 0 unspecified atom stereocenters. The molecule has 0 aliphatic heterocycles. The van der Waals surface area contributed by atoms with Gasteiger partial charge in [-0.1, -0.05) is 19.3 Å². The molecule has 0 bridgehead atoms. The van der Waals surface area contributed by atoms with Gasteiger partial charge in [-0.05, 0) is 32.6 Å². The lowest BCUT2D eigenvalue weighted by molar-refractivity contribution is -0.0762. The van der Waals surface area contributed by atoms with Gasteiger partial charge in [-0.25, -0.2) is 4.98 Å². The Balaban J connectivity index is 1.70. The summed E-state index contributed by atoms with van der Waals surface area (Å²) in [5, 5.41) is 3.52. The van der Waals surface area contributed by atoms with E-state index in [1.54, 1.807) is 0 Å². The van der Waals surface area contributed by atoms with Crippen molar-refractivity contribution in [1.82, 2.24) is 15.3 Å². The molecule has 0 aromatic carbocycles. The molecule has 2 saturated carbocycles. The number of ether oxygens (including phenoxy) is 1. The number of nitrogens with one attached hydrogen (secondary N) is 2. The normalized spacial score (nSPS) is 22.6. The summed E-state index contributed by atoms with van der Waals surface area (Å²) < 4.78 is 6.09. The second-order valence-electron chi connectivity index (χ2n) is 5.90. The van der Waals surface area contributed by atoms with Crippen LogP contribution in [-0.4, -0.2) is 22.6 Å². The van der Waals surface area contributed by atoms with Gasteiger partial charge < -0.3 is 15.0 Å². The number of hydrogen-bond donors (Lipinski definition) is 2.